The molecule has 2 N–H and O–H groups in total. The van der Waals surface area contributed by atoms with Crippen LogP contribution >= 0.6 is 23.2 Å². The van der Waals surface area contributed by atoms with Crippen molar-refractivity contribution in [2.24, 2.45) is 0 Å². The van der Waals surface area contributed by atoms with Gasteiger partial charge in [0.1, 0.15) is 16.1 Å². The van der Waals surface area contributed by atoms with Crippen LogP contribution in [0.4, 0.5) is 91.0 Å². The monoisotopic (exact) mass is 1400 g/mol. The molecule has 103 heavy (non-hydrogen) atoms. The lowest BCUT2D eigenvalue weighted by Crippen LogP contribution is -2.83. The lowest BCUT2D eigenvalue weighted by molar-refractivity contribution is 1.25. The number of hydrogen-bond donors (Lipinski definition) is 2. The first-order chi connectivity index (χ1) is 50.7. The predicted molar refractivity (Wildman–Crippen MR) is 446 cm³/mol. The Morgan fingerprint density at radius 1 is 0.243 bits per heavy atom. The molecule has 6 bridgehead atoms. The second kappa shape index (κ2) is 27.6. The van der Waals surface area contributed by atoms with Gasteiger partial charge in [0.05, 0.1) is 32.8 Å². The summed E-state index contributed by atoms with van der Waals surface area (Å²) in [6.07, 6.45) is 0. The number of rotatable bonds is 10. The first-order valence-electron chi connectivity index (χ1n) is 35.1. The average Bonchev–Trinajstić information content (AvgIpc) is 0.670. The van der Waals surface area contributed by atoms with Gasteiger partial charge in [0, 0.05) is 68.2 Å². The molecule has 15 aromatic carbocycles. The van der Waals surface area contributed by atoms with E-state index in [0.717, 1.165) is 56.9 Å². The van der Waals surface area contributed by atoms with Gasteiger partial charge >= 0.3 is 0 Å². The second-order valence-electron chi connectivity index (χ2n) is 26.6. The Labute approximate surface area is 615 Å². The highest BCUT2D eigenvalue weighted by Gasteiger charge is 2.53. The summed E-state index contributed by atoms with van der Waals surface area (Å²) in [6, 6.07) is 136. The number of para-hydroxylation sites is 6. The highest BCUT2D eigenvalue weighted by atomic mass is 35.5. The molecule has 0 aliphatic carbocycles. The van der Waals surface area contributed by atoms with E-state index in [9.17, 15) is 0 Å². The average molecular weight is 1400 g/mol. The van der Waals surface area contributed by atoms with E-state index in [1.54, 1.807) is 0 Å². The standard InChI is InChI=1S/C37H27BN2Si.C37H29ClN2Si.C18H15ClN2/c1-41(28-18-9-4-10-19-28)33-24-12-22-31-36(33)38-35-29(39(31)26-14-5-2-6-15-26)20-11-21-30(35)40(27-16-7-3-8-17-27)32-23-13-25-34(41)37(32)38;1-41(32-20-9-4-10-21-32)33-22-11-18-30(26-33)39(28-14-5-2-6-15-28)35-24-13-25-36(37(35)38)40(29-16-7-3-8-17-29)31-19-12-23-34(41)27-31;19-18-16(20-14-8-3-1-4-9-14)12-7-13-17(18)21-15-10-5-2-6-11-15/h2-25H,1H3;2-27H,1H3;1-13,20-21H. The summed E-state index contributed by atoms with van der Waals surface area (Å²) in [4.78, 5) is 9.59. The number of nitrogens with one attached hydrogen (secondary N) is 2. The first-order valence-corrected chi connectivity index (χ1v) is 40.8. The fourth-order valence-electron chi connectivity index (χ4n) is 16.0. The van der Waals surface area contributed by atoms with Gasteiger partial charge in [-0.3, -0.25) is 0 Å². The molecule has 0 saturated carbocycles. The zero-order valence-electron chi connectivity index (χ0n) is 57.0. The highest BCUT2D eigenvalue weighted by molar-refractivity contribution is 7.21. The number of anilines is 16. The molecule has 0 saturated heterocycles. The van der Waals surface area contributed by atoms with Crippen LogP contribution in [0.2, 0.25) is 23.1 Å². The van der Waals surface area contributed by atoms with E-state index < -0.39 is 16.1 Å². The Balaban J connectivity index is 0.000000121. The highest BCUT2D eigenvalue weighted by Crippen LogP contribution is 2.48. The number of benzene rings is 15. The van der Waals surface area contributed by atoms with Crippen LogP contribution in [-0.4, -0.2) is 22.9 Å². The number of hydrogen-bond acceptors (Lipinski definition) is 6. The molecule has 4 aliphatic rings. The van der Waals surface area contributed by atoms with E-state index in [0.29, 0.717) is 10.0 Å². The molecule has 0 aromatic heterocycles. The van der Waals surface area contributed by atoms with E-state index in [1.165, 1.54) is 81.6 Å². The molecule has 0 amide bonds. The van der Waals surface area contributed by atoms with Gasteiger partial charge in [0.25, 0.3) is 6.71 Å². The minimum absolute atomic E-state index is 0.197. The quantitative estimate of drug-likeness (QED) is 0.133. The van der Waals surface area contributed by atoms with E-state index in [2.05, 4.69) is 347 Å². The van der Waals surface area contributed by atoms with Gasteiger partial charge < -0.3 is 30.2 Å². The van der Waals surface area contributed by atoms with Gasteiger partial charge in [-0.2, -0.15) is 0 Å². The van der Waals surface area contributed by atoms with Gasteiger partial charge in [-0.05, 0) is 183 Å². The summed E-state index contributed by atoms with van der Waals surface area (Å²) in [5.74, 6) is 0. The predicted octanol–water partition coefficient (Wildman–Crippen LogP) is 19.7. The zero-order chi connectivity index (χ0) is 69.4. The van der Waals surface area contributed by atoms with Crippen molar-refractivity contribution in [3.63, 3.8) is 0 Å². The molecule has 6 nitrogen and oxygen atoms in total. The number of nitrogens with zero attached hydrogens (tertiary/aromatic N) is 4. The summed E-state index contributed by atoms with van der Waals surface area (Å²) in [7, 11) is -4.76. The topological polar surface area (TPSA) is 37.0 Å². The van der Waals surface area contributed by atoms with Crippen molar-refractivity contribution in [2.45, 2.75) is 13.1 Å². The minimum Gasteiger partial charge on any atom is -0.354 e. The van der Waals surface area contributed by atoms with Crippen molar-refractivity contribution in [1.29, 1.82) is 0 Å². The van der Waals surface area contributed by atoms with Crippen LogP contribution in [0.5, 0.6) is 0 Å². The van der Waals surface area contributed by atoms with E-state index in [1.807, 2.05) is 78.9 Å². The molecule has 494 valence electrons. The van der Waals surface area contributed by atoms with Crippen molar-refractivity contribution in [3.05, 3.63) is 392 Å². The maximum atomic E-state index is 7.43. The van der Waals surface area contributed by atoms with Crippen LogP contribution < -0.4 is 77.7 Å². The van der Waals surface area contributed by atoms with Gasteiger partial charge in [-0.1, -0.05) is 283 Å². The van der Waals surface area contributed by atoms with Crippen LogP contribution in [0.3, 0.4) is 0 Å². The number of halogens is 2. The Kier molecular flexibility index (Phi) is 17.3. The molecular formula is C92H71BCl2N6Si2. The largest absolute Gasteiger partial charge is 0.354 e. The molecular weight excluding hydrogens is 1330 g/mol. The van der Waals surface area contributed by atoms with Crippen molar-refractivity contribution >= 4 is 185 Å². The molecule has 15 aromatic rings. The third kappa shape index (κ3) is 11.6. The molecule has 0 unspecified atom stereocenters. The zero-order valence-corrected chi connectivity index (χ0v) is 60.5. The Morgan fingerprint density at radius 3 is 0.913 bits per heavy atom. The maximum Gasteiger partial charge on any atom is 0.251 e. The molecule has 0 radical (unpaired) electrons. The van der Waals surface area contributed by atoms with Crippen molar-refractivity contribution in [2.75, 3.05) is 30.2 Å². The van der Waals surface area contributed by atoms with E-state index >= 15 is 0 Å². The van der Waals surface area contributed by atoms with Crippen LogP contribution in [-0.2, 0) is 0 Å². The SMILES string of the molecule is C[Si]1(c2ccccc2)c2cccc(c2)N(c2ccccc2)c2cccc(c2Cl)N(c2ccccc2)c2cccc1c2.C[Si]1(c2ccccc2)c2cccc3c2B2c4c(cccc4N(c4ccccc4)c4cccc1c42)N3c1ccccc1.Clc1c(Nc2ccccc2)cccc1Nc1ccccc1. The minimum atomic E-state index is -2.42. The lowest BCUT2D eigenvalue weighted by Gasteiger charge is -2.50. The Bertz CT molecular complexity index is 5270. The molecule has 4 aliphatic heterocycles. The molecule has 19 rings (SSSR count). The van der Waals surface area contributed by atoms with E-state index in [4.69, 9.17) is 23.2 Å². The molecule has 0 fully saturated rings. The van der Waals surface area contributed by atoms with E-state index in [-0.39, 0.29) is 6.71 Å². The fraction of sp³-hybridized carbons (Fsp3) is 0.0217. The van der Waals surface area contributed by atoms with Crippen molar-refractivity contribution < 1.29 is 0 Å². The summed E-state index contributed by atoms with van der Waals surface area (Å²) in [6.45, 7) is 5.24. The van der Waals surface area contributed by atoms with Gasteiger partial charge in [-0.15, -0.1) is 0 Å². The van der Waals surface area contributed by atoms with Gasteiger partial charge in [-0.25, -0.2) is 0 Å². The Hall–Kier alpha value is -11.8. The summed E-state index contributed by atoms with van der Waals surface area (Å²) >= 11 is 13.9. The lowest BCUT2D eigenvalue weighted by atomic mass is 9.33. The summed E-state index contributed by atoms with van der Waals surface area (Å²) in [5.41, 5.74) is 21.9. The van der Waals surface area contributed by atoms with Crippen LogP contribution in [0.25, 0.3) is 0 Å². The number of fused-ring (bicyclic) bond motifs is 6. The third-order valence-corrected chi connectivity index (χ3v) is 30.5. The smallest absolute Gasteiger partial charge is 0.251 e. The van der Waals surface area contributed by atoms with Crippen molar-refractivity contribution in [3.8, 4) is 0 Å². The van der Waals surface area contributed by atoms with Crippen LogP contribution in [0, 0.1) is 0 Å². The van der Waals surface area contributed by atoms with Crippen LogP contribution in [0.15, 0.2) is 382 Å². The summed E-state index contributed by atoms with van der Waals surface area (Å²) in [5, 5.41) is 16.6. The van der Waals surface area contributed by atoms with Gasteiger partial charge in [0.2, 0.25) is 0 Å². The Morgan fingerprint density at radius 2 is 0.524 bits per heavy atom. The summed E-state index contributed by atoms with van der Waals surface area (Å²) < 4.78 is 0. The molecule has 11 heteroatoms. The normalized spacial score (nSPS) is 13.5. The van der Waals surface area contributed by atoms with Crippen LogP contribution in [0.1, 0.15) is 0 Å². The molecule has 4 heterocycles. The van der Waals surface area contributed by atoms with Gasteiger partial charge in [0.15, 0.2) is 0 Å². The fourth-order valence-corrected chi connectivity index (χ4v) is 24.3. The first kappa shape index (κ1) is 64.5. The molecule has 0 spiro atoms. The van der Waals surface area contributed by atoms with Crippen molar-refractivity contribution in [1.82, 2.24) is 0 Å². The third-order valence-electron chi connectivity index (χ3n) is 20.8. The molecule has 0 atom stereocenters. The second-order valence-corrected chi connectivity index (χ2v) is 35.3. The maximum absolute atomic E-state index is 7.43.